The Hall–Kier alpha value is -1.77. The van der Waals surface area contributed by atoms with E-state index in [-0.39, 0.29) is 49.6 Å². The maximum atomic E-state index is 12.4. The summed E-state index contributed by atoms with van der Waals surface area (Å²) < 4.78 is 10.3. The first kappa shape index (κ1) is 43.3. The highest BCUT2D eigenvalue weighted by Gasteiger charge is 2.39. The highest BCUT2D eigenvalue weighted by molar-refractivity contribution is 5.84. The Morgan fingerprint density at radius 1 is 0.745 bits per heavy atom. The minimum absolute atomic E-state index is 0.0829. The van der Waals surface area contributed by atoms with E-state index in [0.29, 0.717) is 25.7 Å². The number of hydrogen-bond acceptors (Lipinski definition) is 8. The molecule has 0 aromatic carbocycles. The van der Waals surface area contributed by atoms with Gasteiger partial charge in [0.2, 0.25) is 0 Å². The van der Waals surface area contributed by atoms with Crippen molar-refractivity contribution in [3.63, 3.8) is 0 Å². The van der Waals surface area contributed by atoms with Crippen LogP contribution < -0.4 is 0 Å². The number of aliphatic hydroxyl groups is 3. The van der Waals surface area contributed by atoms with Crippen molar-refractivity contribution in [3.05, 3.63) is 12.2 Å². The molecule has 0 aromatic rings. The number of ether oxygens (including phenoxy) is 2. The molecule has 0 aliphatic heterocycles. The SMILES string of the molecule is CCCCC[C@H](O)/C=C/[C@H]1[C@H](O)CC(=O)[C@@H]1CCCCCCC(=O)OC[C@H](O)COC(=O)CCCCCCCCCCCCC(C)C. The molecule has 0 amide bonds. The smallest absolute Gasteiger partial charge is 0.305 e. The number of esters is 2. The maximum Gasteiger partial charge on any atom is 0.305 e. The quantitative estimate of drug-likeness (QED) is 0.0398. The highest BCUT2D eigenvalue weighted by atomic mass is 16.6. The van der Waals surface area contributed by atoms with Gasteiger partial charge in [0.1, 0.15) is 25.1 Å². The average molecular weight is 667 g/mol. The van der Waals surface area contributed by atoms with Crippen molar-refractivity contribution in [1.29, 1.82) is 0 Å². The number of carbonyl (C=O) groups is 3. The molecule has 0 saturated heterocycles. The second-order valence-corrected chi connectivity index (χ2v) is 14.3. The second-order valence-electron chi connectivity index (χ2n) is 14.3. The lowest BCUT2D eigenvalue weighted by molar-refractivity contribution is -0.152. The van der Waals surface area contributed by atoms with E-state index < -0.39 is 24.3 Å². The van der Waals surface area contributed by atoms with Crippen LogP contribution in [0.3, 0.4) is 0 Å². The normalized spacial score (nSPS) is 19.5. The van der Waals surface area contributed by atoms with Crippen LogP contribution in [0.5, 0.6) is 0 Å². The summed E-state index contributed by atoms with van der Waals surface area (Å²) in [5.74, 6) is -0.293. The fourth-order valence-corrected chi connectivity index (χ4v) is 6.34. The molecule has 1 saturated carbocycles. The van der Waals surface area contributed by atoms with Crippen molar-refractivity contribution >= 4 is 17.7 Å². The third-order valence-corrected chi connectivity index (χ3v) is 9.32. The Morgan fingerprint density at radius 2 is 1.23 bits per heavy atom. The lowest BCUT2D eigenvalue weighted by atomic mass is 9.88. The molecule has 274 valence electrons. The van der Waals surface area contributed by atoms with E-state index in [9.17, 15) is 29.7 Å². The van der Waals surface area contributed by atoms with Crippen molar-refractivity contribution in [2.75, 3.05) is 13.2 Å². The van der Waals surface area contributed by atoms with Gasteiger partial charge in [-0.05, 0) is 31.6 Å². The first-order valence-electron chi connectivity index (χ1n) is 19.2. The van der Waals surface area contributed by atoms with Gasteiger partial charge in [-0.15, -0.1) is 0 Å². The van der Waals surface area contributed by atoms with Gasteiger partial charge in [-0.1, -0.05) is 136 Å². The van der Waals surface area contributed by atoms with Crippen molar-refractivity contribution in [2.24, 2.45) is 17.8 Å². The number of hydrogen-bond donors (Lipinski definition) is 3. The number of aliphatic hydroxyl groups excluding tert-OH is 3. The first-order chi connectivity index (χ1) is 22.6. The predicted molar refractivity (Wildman–Crippen MR) is 188 cm³/mol. The zero-order chi connectivity index (χ0) is 34.7. The van der Waals surface area contributed by atoms with Crippen LogP contribution in [0.15, 0.2) is 12.2 Å². The molecule has 3 N–H and O–H groups in total. The lowest BCUT2D eigenvalue weighted by Gasteiger charge is -2.18. The first-order valence-corrected chi connectivity index (χ1v) is 19.2. The second kappa shape index (κ2) is 28.1. The molecule has 0 heterocycles. The summed E-state index contributed by atoms with van der Waals surface area (Å²) in [4.78, 5) is 36.5. The van der Waals surface area contributed by atoms with Crippen LogP contribution in [0.1, 0.15) is 168 Å². The van der Waals surface area contributed by atoms with Crippen LogP contribution >= 0.6 is 0 Å². The molecule has 0 spiro atoms. The number of ketones is 1. The summed E-state index contributed by atoms with van der Waals surface area (Å²) in [6.07, 6.45) is 23.1. The van der Waals surface area contributed by atoms with Gasteiger partial charge in [0, 0.05) is 31.1 Å². The Bertz CT molecular complexity index is 841. The molecular formula is C39H70O8. The van der Waals surface area contributed by atoms with Crippen molar-refractivity contribution < 1.29 is 39.2 Å². The van der Waals surface area contributed by atoms with Crippen LogP contribution in [-0.2, 0) is 23.9 Å². The van der Waals surface area contributed by atoms with Gasteiger partial charge in [-0.3, -0.25) is 14.4 Å². The van der Waals surface area contributed by atoms with Gasteiger partial charge in [0.05, 0.1) is 12.2 Å². The summed E-state index contributed by atoms with van der Waals surface area (Å²) in [5, 5.41) is 30.6. The summed E-state index contributed by atoms with van der Waals surface area (Å²) in [6.45, 7) is 6.32. The van der Waals surface area contributed by atoms with Crippen LogP contribution in [0, 0.1) is 17.8 Å². The van der Waals surface area contributed by atoms with Gasteiger partial charge in [-0.25, -0.2) is 0 Å². The summed E-state index contributed by atoms with van der Waals surface area (Å²) in [5.41, 5.74) is 0. The predicted octanol–water partition coefficient (Wildman–Crippen LogP) is 8.18. The van der Waals surface area contributed by atoms with E-state index in [1.165, 1.54) is 51.4 Å². The van der Waals surface area contributed by atoms with E-state index in [0.717, 1.165) is 63.7 Å². The molecule has 47 heavy (non-hydrogen) atoms. The number of rotatable bonds is 30. The van der Waals surface area contributed by atoms with Crippen LogP contribution in [0.25, 0.3) is 0 Å². The molecule has 0 radical (unpaired) electrons. The Labute approximate surface area is 286 Å². The van der Waals surface area contributed by atoms with E-state index in [4.69, 9.17) is 9.47 Å². The maximum absolute atomic E-state index is 12.4. The fourth-order valence-electron chi connectivity index (χ4n) is 6.34. The lowest BCUT2D eigenvalue weighted by Crippen LogP contribution is -2.25. The average Bonchev–Trinajstić information content (AvgIpc) is 3.30. The van der Waals surface area contributed by atoms with Gasteiger partial charge in [0.15, 0.2) is 0 Å². The van der Waals surface area contributed by atoms with E-state index in [1.807, 2.05) is 6.08 Å². The standard InChI is InChI=1S/C39H70O8/c1-4-5-16-22-32(40)26-27-35-34(36(42)28-37(35)43)23-18-14-15-20-25-39(45)47-30-33(41)29-46-38(44)24-19-13-11-9-7-6-8-10-12-17-21-31(2)3/h26-27,31-35,37,40-41,43H,4-25,28-30H2,1-3H3/b27-26+/t32-,33+,34+,35+,37+/m0/s1. The Kier molecular flexibility index (Phi) is 25.9. The van der Waals surface area contributed by atoms with Gasteiger partial charge < -0.3 is 24.8 Å². The Balaban J connectivity index is 2.03. The van der Waals surface area contributed by atoms with Crippen LogP contribution in [0.2, 0.25) is 0 Å². The summed E-state index contributed by atoms with van der Waals surface area (Å²) >= 11 is 0. The van der Waals surface area contributed by atoms with E-state index in [2.05, 4.69) is 20.8 Å². The number of unbranched alkanes of at least 4 members (excludes halogenated alkanes) is 14. The van der Waals surface area contributed by atoms with Gasteiger partial charge in [-0.2, -0.15) is 0 Å². The van der Waals surface area contributed by atoms with Gasteiger partial charge >= 0.3 is 11.9 Å². The largest absolute Gasteiger partial charge is 0.463 e. The third-order valence-electron chi connectivity index (χ3n) is 9.32. The number of carbonyl (C=O) groups excluding carboxylic acids is 3. The molecule has 0 aromatic heterocycles. The molecule has 1 fully saturated rings. The molecule has 8 heteroatoms. The molecule has 1 rings (SSSR count). The van der Waals surface area contributed by atoms with Gasteiger partial charge in [0.25, 0.3) is 0 Å². The Morgan fingerprint density at radius 3 is 1.77 bits per heavy atom. The monoisotopic (exact) mass is 667 g/mol. The zero-order valence-electron chi connectivity index (χ0n) is 30.2. The number of Topliss-reactive ketones (excluding diaryl/α,β-unsaturated/α-hetero) is 1. The third kappa shape index (κ3) is 23.3. The molecule has 1 aliphatic rings. The van der Waals surface area contributed by atoms with Crippen LogP contribution in [0.4, 0.5) is 0 Å². The van der Waals surface area contributed by atoms with Crippen molar-refractivity contribution in [3.8, 4) is 0 Å². The van der Waals surface area contributed by atoms with Crippen molar-refractivity contribution in [2.45, 2.75) is 187 Å². The zero-order valence-corrected chi connectivity index (χ0v) is 30.2. The van der Waals surface area contributed by atoms with Crippen molar-refractivity contribution in [1.82, 2.24) is 0 Å². The van der Waals surface area contributed by atoms with E-state index in [1.54, 1.807) is 6.08 Å². The van der Waals surface area contributed by atoms with E-state index >= 15 is 0 Å². The summed E-state index contributed by atoms with van der Waals surface area (Å²) in [7, 11) is 0. The fraction of sp³-hybridized carbons (Fsp3) is 0.872. The molecule has 0 bridgehead atoms. The molecular weight excluding hydrogens is 596 g/mol. The topological polar surface area (TPSA) is 130 Å². The molecule has 5 atom stereocenters. The highest BCUT2D eigenvalue weighted by Crippen LogP contribution is 2.34. The molecule has 8 nitrogen and oxygen atoms in total. The minimum atomic E-state index is -1.04. The minimum Gasteiger partial charge on any atom is -0.463 e. The molecule has 0 unspecified atom stereocenters. The summed E-state index contributed by atoms with van der Waals surface area (Å²) in [6, 6.07) is 0. The van der Waals surface area contributed by atoms with Crippen LogP contribution in [-0.4, -0.2) is 64.6 Å². The molecule has 1 aliphatic carbocycles.